The number of Topliss-reactive ketones (excluding diaryl/α,β-unsaturated/α-hetero) is 1. The highest BCUT2D eigenvalue weighted by atomic mass is 35.5. The van der Waals surface area contributed by atoms with Gasteiger partial charge in [0.2, 0.25) is 12.2 Å². The molecule has 2 aliphatic rings. The minimum Gasteiger partial charge on any atom is -0.426 e. The van der Waals surface area contributed by atoms with E-state index in [4.69, 9.17) is 15.2 Å². The van der Waals surface area contributed by atoms with E-state index in [-0.39, 0.29) is 42.3 Å². The molecular weight excluding hydrogens is 650 g/mol. The summed E-state index contributed by atoms with van der Waals surface area (Å²) in [6, 6.07) is 5.41. The highest BCUT2D eigenvalue weighted by Crippen LogP contribution is 2.42. The molecule has 0 spiro atoms. The van der Waals surface area contributed by atoms with Gasteiger partial charge in [-0.15, -0.1) is 24.2 Å². The standard InChI is InChI=1S/C28H35N5O7S3.ClH/c1-14(2)9-20(29)24(36)19-8-6-5-7-18(19)21(35)10-30-22-25(37)33-23(27(38)40-16(4)39-15(3)34)17(11-41-26(22)33)12-42-28-31-13-32-43-28;/h5-8,13-14,16,20-22,26,30,35H,9-12,29H2,1-4H3;1H/t16?,20-,21?,22?,26-;/m0./s1. The molecule has 5 atom stereocenters. The molecule has 4 rings (SSSR count). The van der Waals surface area contributed by atoms with Gasteiger partial charge in [0, 0.05) is 37.5 Å². The lowest BCUT2D eigenvalue weighted by atomic mass is 9.92. The third kappa shape index (κ3) is 8.59. The Kier molecular flexibility index (Phi) is 13.2. The number of carbonyl (C=O) groups is 4. The van der Waals surface area contributed by atoms with E-state index in [1.807, 2.05) is 13.8 Å². The van der Waals surface area contributed by atoms with Crippen LogP contribution in [0.3, 0.4) is 0 Å². The minimum atomic E-state index is -1.14. The third-order valence-electron chi connectivity index (χ3n) is 6.73. The van der Waals surface area contributed by atoms with Crippen LogP contribution in [-0.2, 0) is 23.9 Å². The minimum absolute atomic E-state index is 0. The number of β-lactam (4-membered cyclic amide) rings is 1. The van der Waals surface area contributed by atoms with Crippen molar-refractivity contribution >= 4 is 71.1 Å². The summed E-state index contributed by atoms with van der Waals surface area (Å²) < 4.78 is 15.0. The summed E-state index contributed by atoms with van der Waals surface area (Å²) in [5.41, 5.74) is 7.71. The molecule has 1 amide bonds. The number of nitrogens with zero attached hydrogens (tertiary/aromatic N) is 3. The van der Waals surface area contributed by atoms with Crippen LogP contribution in [0.1, 0.15) is 56.1 Å². The third-order valence-corrected chi connectivity index (χ3v) is 9.96. The van der Waals surface area contributed by atoms with Gasteiger partial charge in [0.15, 0.2) is 10.1 Å². The summed E-state index contributed by atoms with van der Waals surface area (Å²) in [6.07, 6.45) is -0.253. The number of hydrogen-bond donors (Lipinski definition) is 3. The zero-order valence-corrected chi connectivity index (χ0v) is 27.9. The number of fused-ring (bicyclic) bond motifs is 1. The lowest BCUT2D eigenvalue weighted by Crippen LogP contribution is -2.70. The van der Waals surface area contributed by atoms with Gasteiger partial charge < -0.3 is 25.6 Å². The fraction of sp³-hybridized carbons (Fsp3) is 0.500. The Hall–Kier alpha value is -2.53. The van der Waals surface area contributed by atoms with Gasteiger partial charge in [-0.3, -0.25) is 19.3 Å². The van der Waals surface area contributed by atoms with E-state index in [1.54, 1.807) is 24.3 Å². The molecule has 1 aromatic heterocycles. The molecule has 0 radical (unpaired) electrons. The maximum atomic E-state index is 13.4. The molecule has 2 aliphatic heterocycles. The maximum absolute atomic E-state index is 13.4. The Morgan fingerprint density at radius 1 is 1.23 bits per heavy atom. The van der Waals surface area contributed by atoms with Crippen LogP contribution in [0, 0.1) is 5.92 Å². The molecule has 0 aliphatic carbocycles. The highest BCUT2D eigenvalue weighted by Gasteiger charge is 2.53. The number of carbonyl (C=O) groups excluding carboxylic acids is 4. The number of thioether (sulfide) groups is 2. The second kappa shape index (κ2) is 16.2. The predicted octanol–water partition coefficient (Wildman–Crippen LogP) is 2.92. The second-order valence-electron chi connectivity index (χ2n) is 10.5. The molecular formula is C28H36ClN5O7S3. The van der Waals surface area contributed by atoms with Gasteiger partial charge in [0.1, 0.15) is 23.4 Å². The molecule has 12 nitrogen and oxygen atoms in total. The number of aromatic nitrogens is 2. The molecule has 0 saturated carbocycles. The number of nitrogens with two attached hydrogens (primary N) is 1. The summed E-state index contributed by atoms with van der Waals surface area (Å²) in [5.74, 6) is -0.923. The summed E-state index contributed by atoms with van der Waals surface area (Å²) in [7, 11) is 0. The van der Waals surface area contributed by atoms with Crippen molar-refractivity contribution in [2.45, 2.75) is 68.3 Å². The van der Waals surface area contributed by atoms with Crippen molar-refractivity contribution in [3.8, 4) is 0 Å². The fourth-order valence-corrected chi connectivity index (χ4v) is 7.81. The number of ketones is 1. The van der Waals surface area contributed by atoms with E-state index in [1.165, 1.54) is 60.1 Å². The van der Waals surface area contributed by atoms with Crippen LogP contribution < -0.4 is 11.1 Å². The van der Waals surface area contributed by atoms with Crippen LogP contribution in [0.15, 0.2) is 46.2 Å². The molecule has 44 heavy (non-hydrogen) atoms. The van der Waals surface area contributed by atoms with Crippen molar-refractivity contribution in [2.75, 3.05) is 18.1 Å². The largest absolute Gasteiger partial charge is 0.426 e. The van der Waals surface area contributed by atoms with Crippen molar-refractivity contribution in [3.05, 3.63) is 53.0 Å². The number of aliphatic hydroxyl groups is 1. The first-order valence-electron chi connectivity index (χ1n) is 13.7. The fourth-order valence-electron chi connectivity index (χ4n) is 4.85. The van der Waals surface area contributed by atoms with Crippen molar-refractivity contribution in [2.24, 2.45) is 11.7 Å². The Balaban J connectivity index is 0.00000529. The van der Waals surface area contributed by atoms with Crippen LogP contribution in [0.2, 0.25) is 0 Å². The SMILES string of the molecule is CC(=O)OC(C)OC(=O)C1=C(CSc2ncns2)CS[C@H]2C(NCC(O)c3ccccc3C(=O)[C@@H](N)CC(C)C)C(=O)N12.Cl. The van der Waals surface area contributed by atoms with E-state index in [0.717, 1.165) is 0 Å². The molecule has 2 aromatic rings. The number of nitrogens with one attached hydrogen (secondary N) is 1. The molecule has 3 unspecified atom stereocenters. The number of ether oxygens (including phenoxy) is 2. The van der Waals surface area contributed by atoms with E-state index >= 15 is 0 Å². The van der Waals surface area contributed by atoms with E-state index in [0.29, 0.717) is 39.0 Å². The molecule has 0 bridgehead atoms. The first-order valence-corrected chi connectivity index (χ1v) is 16.5. The van der Waals surface area contributed by atoms with Crippen LogP contribution in [0.5, 0.6) is 0 Å². The van der Waals surface area contributed by atoms with Gasteiger partial charge >= 0.3 is 11.9 Å². The highest BCUT2D eigenvalue weighted by molar-refractivity contribution is 8.01. The first-order chi connectivity index (χ1) is 20.5. The summed E-state index contributed by atoms with van der Waals surface area (Å²) in [4.78, 5) is 56.6. The van der Waals surface area contributed by atoms with Crippen LogP contribution in [-0.4, -0.2) is 84.8 Å². The van der Waals surface area contributed by atoms with Crippen LogP contribution >= 0.6 is 47.5 Å². The van der Waals surface area contributed by atoms with Crippen molar-refractivity contribution in [1.82, 2.24) is 19.6 Å². The Labute approximate surface area is 274 Å². The smallest absolute Gasteiger partial charge is 0.358 e. The van der Waals surface area contributed by atoms with Crippen LogP contribution in [0.4, 0.5) is 0 Å². The maximum Gasteiger partial charge on any atom is 0.358 e. The summed E-state index contributed by atoms with van der Waals surface area (Å²) in [6.45, 7) is 6.60. The number of esters is 2. The quantitative estimate of drug-likeness (QED) is 0.0872. The summed E-state index contributed by atoms with van der Waals surface area (Å²) in [5, 5.41) is 13.7. The zero-order valence-electron chi connectivity index (χ0n) is 24.6. The number of aliphatic hydroxyl groups excluding tert-OH is 1. The van der Waals surface area contributed by atoms with Gasteiger partial charge in [-0.05, 0) is 35.0 Å². The number of amides is 1. The molecule has 1 aromatic carbocycles. The Bertz CT molecular complexity index is 1380. The Morgan fingerprint density at radius 3 is 2.61 bits per heavy atom. The average Bonchev–Trinajstić information content (AvgIpc) is 3.48. The second-order valence-corrected chi connectivity index (χ2v) is 13.6. The van der Waals surface area contributed by atoms with E-state index < -0.39 is 41.8 Å². The monoisotopic (exact) mass is 685 g/mol. The normalized spacial score (nSPS) is 19.8. The molecule has 1 saturated heterocycles. The molecule has 4 N–H and O–H groups in total. The van der Waals surface area contributed by atoms with Crippen LogP contribution in [0.25, 0.3) is 0 Å². The van der Waals surface area contributed by atoms with Gasteiger partial charge in [0.05, 0.1) is 12.1 Å². The predicted molar refractivity (Wildman–Crippen MR) is 170 cm³/mol. The van der Waals surface area contributed by atoms with Gasteiger partial charge in [-0.1, -0.05) is 49.9 Å². The lowest BCUT2D eigenvalue weighted by Gasteiger charge is -2.50. The number of rotatable bonds is 14. The van der Waals surface area contributed by atoms with Gasteiger partial charge in [0.25, 0.3) is 0 Å². The van der Waals surface area contributed by atoms with Crippen molar-refractivity contribution in [1.29, 1.82) is 0 Å². The number of benzene rings is 1. The molecule has 3 heterocycles. The van der Waals surface area contributed by atoms with Crippen molar-refractivity contribution < 1.29 is 33.8 Å². The first kappa shape index (κ1) is 35.9. The zero-order chi connectivity index (χ0) is 31.3. The number of hydrogen-bond acceptors (Lipinski definition) is 14. The van der Waals surface area contributed by atoms with E-state index in [2.05, 4.69) is 14.7 Å². The van der Waals surface area contributed by atoms with Gasteiger partial charge in [-0.25, -0.2) is 9.78 Å². The lowest BCUT2D eigenvalue weighted by molar-refractivity contribution is -0.182. The number of halogens is 1. The summed E-state index contributed by atoms with van der Waals surface area (Å²) >= 11 is 4.10. The van der Waals surface area contributed by atoms with Gasteiger partial charge in [-0.2, -0.15) is 4.37 Å². The topological polar surface area (TPSA) is 174 Å². The molecule has 240 valence electrons. The Morgan fingerprint density at radius 2 is 1.95 bits per heavy atom. The van der Waals surface area contributed by atoms with Crippen molar-refractivity contribution in [3.63, 3.8) is 0 Å². The van der Waals surface area contributed by atoms with E-state index in [9.17, 15) is 24.3 Å². The molecule has 16 heteroatoms. The molecule has 1 fully saturated rings. The average molecular weight is 686 g/mol.